The number of H-pyrrole nitrogens is 1. The van der Waals surface area contributed by atoms with Crippen LogP contribution in [0.1, 0.15) is 27.9 Å². The van der Waals surface area contributed by atoms with Gasteiger partial charge in [0.25, 0.3) is 0 Å². The first-order chi connectivity index (χ1) is 16.2. The number of halogens is 3. The largest absolute Gasteiger partial charge is 0.417 e. The van der Waals surface area contributed by atoms with Crippen molar-refractivity contribution >= 4 is 28.9 Å². The smallest absolute Gasteiger partial charge is 0.408 e. The van der Waals surface area contributed by atoms with Crippen LogP contribution in [0.2, 0.25) is 0 Å². The summed E-state index contributed by atoms with van der Waals surface area (Å²) >= 11 is 0. The van der Waals surface area contributed by atoms with Gasteiger partial charge in [0.15, 0.2) is 11.4 Å². The molecule has 1 fully saturated rings. The van der Waals surface area contributed by atoms with Crippen molar-refractivity contribution < 1.29 is 27.2 Å². The molecule has 2 aromatic carbocycles. The predicted molar refractivity (Wildman–Crippen MR) is 119 cm³/mol. The van der Waals surface area contributed by atoms with Gasteiger partial charge < -0.3 is 9.32 Å². The molecule has 1 N–H and O–H groups in total. The number of piperazine rings is 1. The summed E-state index contributed by atoms with van der Waals surface area (Å²) in [6.45, 7) is 2.61. The number of benzene rings is 2. The highest BCUT2D eigenvalue weighted by Crippen LogP contribution is 2.29. The zero-order valence-corrected chi connectivity index (χ0v) is 18.1. The van der Waals surface area contributed by atoms with E-state index in [-0.39, 0.29) is 18.1 Å². The van der Waals surface area contributed by atoms with Crippen LogP contribution in [0, 0.1) is 0 Å². The lowest BCUT2D eigenvalue weighted by Crippen LogP contribution is -2.48. The molecule has 1 amide bonds. The summed E-state index contributed by atoms with van der Waals surface area (Å²) in [4.78, 5) is 42.4. The fraction of sp³-hybridized carbons (Fsp3) is 0.292. The summed E-state index contributed by atoms with van der Waals surface area (Å²) in [5, 5.41) is 0. The summed E-state index contributed by atoms with van der Waals surface area (Å²) in [6, 6.07) is 9.62. The number of alkyl halides is 3. The minimum Gasteiger partial charge on any atom is -0.408 e. The number of hydrogen-bond acceptors (Lipinski definition) is 5. The van der Waals surface area contributed by atoms with Gasteiger partial charge in [0, 0.05) is 50.8 Å². The number of fused-ring (bicyclic) bond motifs is 1. The monoisotopic (exact) mass is 473 g/mol. The first-order valence-electron chi connectivity index (χ1n) is 10.7. The molecule has 0 saturated carbocycles. The maximum Gasteiger partial charge on any atom is 0.417 e. The Hall–Kier alpha value is -3.66. The van der Waals surface area contributed by atoms with E-state index in [0.29, 0.717) is 55.0 Å². The lowest BCUT2D eigenvalue weighted by atomic mass is 10.1. The minimum atomic E-state index is -4.43. The molecule has 34 heavy (non-hydrogen) atoms. The van der Waals surface area contributed by atoms with Crippen LogP contribution in [0.25, 0.3) is 17.2 Å². The fourth-order valence-corrected chi connectivity index (χ4v) is 3.81. The van der Waals surface area contributed by atoms with Gasteiger partial charge in [-0.3, -0.25) is 19.5 Å². The average Bonchev–Trinajstić information content (AvgIpc) is 3.20. The average molecular weight is 473 g/mol. The fourth-order valence-electron chi connectivity index (χ4n) is 3.81. The van der Waals surface area contributed by atoms with Crippen molar-refractivity contribution in [2.24, 2.45) is 0 Å². The number of Topliss-reactive ketones (excluding diaryl/α,β-unsaturated/α-hetero) is 1. The molecule has 0 radical (unpaired) electrons. The zero-order chi connectivity index (χ0) is 24.3. The molecule has 1 aliphatic rings. The SMILES string of the molecule is O=C(CCN1CCN(C(=O)C=Cc2cccc(C(F)(F)F)c2)CC1)c1ccc2[nH]c(=O)oc2c1. The molecule has 0 spiro atoms. The Balaban J connectivity index is 1.25. The number of carbonyl (C=O) groups is 2. The van der Waals surface area contributed by atoms with E-state index < -0.39 is 17.5 Å². The third-order valence-electron chi connectivity index (χ3n) is 5.71. The summed E-state index contributed by atoms with van der Waals surface area (Å²) in [5.41, 5.74) is 0.870. The molecule has 4 rings (SSSR count). The van der Waals surface area contributed by atoms with E-state index in [0.717, 1.165) is 12.1 Å². The Morgan fingerprint density at radius 1 is 1.06 bits per heavy atom. The molecule has 0 bridgehead atoms. The second kappa shape index (κ2) is 9.68. The number of aromatic nitrogens is 1. The van der Waals surface area contributed by atoms with Gasteiger partial charge in [-0.15, -0.1) is 0 Å². The highest BCUT2D eigenvalue weighted by molar-refractivity contribution is 5.98. The molecule has 178 valence electrons. The van der Waals surface area contributed by atoms with Crippen LogP contribution in [0.3, 0.4) is 0 Å². The molecule has 1 aliphatic heterocycles. The van der Waals surface area contributed by atoms with Crippen molar-refractivity contribution in [3.63, 3.8) is 0 Å². The quantitative estimate of drug-likeness (QED) is 0.437. The van der Waals surface area contributed by atoms with Gasteiger partial charge in [-0.05, 0) is 42.0 Å². The molecule has 0 unspecified atom stereocenters. The zero-order valence-electron chi connectivity index (χ0n) is 18.1. The standard InChI is InChI=1S/C24H22F3N3O4/c25-24(26,27)18-3-1-2-16(14-18)4-7-22(32)30-12-10-29(11-13-30)9-8-20(31)17-5-6-19-21(15-17)34-23(33)28-19/h1-7,14-15H,8-13H2,(H,28,33). The van der Waals surface area contributed by atoms with Crippen LogP contribution >= 0.6 is 0 Å². The Labute approximate surface area is 192 Å². The van der Waals surface area contributed by atoms with Crippen molar-refractivity contribution in [1.29, 1.82) is 0 Å². The van der Waals surface area contributed by atoms with Crippen LogP contribution < -0.4 is 5.76 Å². The molecular weight excluding hydrogens is 451 g/mol. The van der Waals surface area contributed by atoms with Crippen LogP contribution in [0.15, 0.2) is 57.8 Å². The number of ketones is 1. The van der Waals surface area contributed by atoms with Crippen molar-refractivity contribution in [3.05, 3.63) is 75.8 Å². The van der Waals surface area contributed by atoms with E-state index in [1.165, 1.54) is 24.3 Å². The first-order valence-corrected chi connectivity index (χ1v) is 10.7. The number of rotatable bonds is 6. The molecular formula is C24H22F3N3O4. The van der Waals surface area contributed by atoms with Gasteiger partial charge in [0.2, 0.25) is 5.91 Å². The van der Waals surface area contributed by atoms with E-state index in [4.69, 9.17) is 4.42 Å². The van der Waals surface area contributed by atoms with E-state index in [1.54, 1.807) is 23.1 Å². The number of amides is 1. The second-order valence-corrected chi connectivity index (χ2v) is 8.02. The van der Waals surface area contributed by atoms with Crippen molar-refractivity contribution in [2.45, 2.75) is 12.6 Å². The maximum atomic E-state index is 12.8. The normalized spacial score (nSPS) is 15.3. The van der Waals surface area contributed by atoms with Gasteiger partial charge in [-0.2, -0.15) is 13.2 Å². The van der Waals surface area contributed by atoms with Crippen molar-refractivity contribution in [2.75, 3.05) is 32.7 Å². The number of aromatic amines is 1. The van der Waals surface area contributed by atoms with E-state index in [2.05, 4.69) is 9.88 Å². The van der Waals surface area contributed by atoms with Crippen LogP contribution in [0.4, 0.5) is 13.2 Å². The second-order valence-electron chi connectivity index (χ2n) is 8.02. The summed E-state index contributed by atoms with van der Waals surface area (Å²) < 4.78 is 43.5. The van der Waals surface area contributed by atoms with Crippen LogP contribution in [0.5, 0.6) is 0 Å². The van der Waals surface area contributed by atoms with Gasteiger partial charge in [-0.25, -0.2) is 4.79 Å². The number of nitrogens with zero attached hydrogens (tertiary/aromatic N) is 2. The van der Waals surface area contributed by atoms with Crippen molar-refractivity contribution in [1.82, 2.24) is 14.8 Å². The Bertz CT molecular complexity index is 1280. The Morgan fingerprint density at radius 3 is 2.56 bits per heavy atom. The maximum absolute atomic E-state index is 12.8. The number of oxazole rings is 1. The summed E-state index contributed by atoms with van der Waals surface area (Å²) in [5.74, 6) is -0.917. The predicted octanol–water partition coefficient (Wildman–Crippen LogP) is 3.57. The first kappa shape index (κ1) is 23.5. The third kappa shape index (κ3) is 5.63. The van der Waals surface area contributed by atoms with E-state index >= 15 is 0 Å². The molecule has 2 heterocycles. The third-order valence-corrected chi connectivity index (χ3v) is 5.71. The lowest BCUT2D eigenvalue weighted by molar-refractivity contribution is -0.137. The molecule has 10 heteroatoms. The number of hydrogen-bond donors (Lipinski definition) is 1. The van der Waals surface area contributed by atoms with Crippen molar-refractivity contribution in [3.8, 4) is 0 Å². The summed E-state index contributed by atoms with van der Waals surface area (Å²) in [6.07, 6.45) is -1.49. The van der Waals surface area contributed by atoms with Gasteiger partial charge in [0.1, 0.15) is 0 Å². The molecule has 1 saturated heterocycles. The molecule has 3 aromatic rings. The Kier molecular flexibility index (Phi) is 6.69. The summed E-state index contributed by atoms with van der Waals surface area (Å²) in [7, 11) is 0. The lowest BCUT2D eigenvalue weighted by Gasteiger charge is -2.34. The van der Waals surface area contributed by atoms with Crippen LogP contribution in [-0.2, 0) is 11.0 Å². The van der Waals surface area contributed by atoms with Crippen LogP contribution in [-0.4, -0.2) is 59.2 Å². The minimum absolute atomic E-state index is 0.0757. The van der Waals surface area contributed by atoms with Gasteiger partial charge in [-0.1, -0.05) is 12.1 Å². The number of nitrogens with one attached hydrogen (secondary N) is 1. The van der Waals surface area contributed by atoms with E-state index in [1.807, 2.05) is 0 Å². The molecule has 0 aliphatic carbocycles. The highest BCUT2D eigenvalue weighted by Gasteiger charge is 2.30. The highest BCUT2D eigenvalue weighted by atomic mass is 19.4. The van der Waals surface area contributed by atoms with Gasteiger partial charge in [0.05, 0.1) is 11.1 Å². The number of carbonyl (C=O) groups excluding carboxylic acids is 2. The Morgan fingerprint density at radius 2 is 1.82 bits per heavy atom. The van der Waals surface area contributed by atoms with Gasteiger partial charge >= 0.3 is 11.9 Å². The topological polar surface area (TPSA) is 86.6 Å². The molecule has 0 atom stereocenters. The van der Waals surface area contributed by atoms with E-state index in [9.17, 15) is 27.6 Å². The molecule has 7 nitrogen and oxygen atoms in total. The molecule has 1 aromatic heterocycles.